The molecule has 1 N–H and O–H groups in total. The zero-order valence-corrected chi connectivity index (χ0v) is 9.74. The number of piperidine rings is 1. The Balaban J connectivity index is 1.85. The highest BCUT2D eigenvalue weighted by Crippen LogP contribution is 2.23. The Kier molecular flexibility index (Phi) is 4.30. The van der Waals surface area contributed by atoms with Gasteiger partial charge in [-0.3, -0.25) is 0 Å². The molecular formula is C11H19N3O2. The van der Waals surface area contributed by atoms with Crippen molar-refractivity contribution in [2.24, 2.45) is 0 Å². The summed E-state index contributed by atoms with van der Waals surface area (Å²) in [7, 11) is 1.71. The first-order valence-electron chi connectivity index (χ1n) is 5.92. The third-order valence-electron chi connectivity index (χ3n) is 2.92. The second-order valence-corrected chi connectivity index (χ2v) is 4.17. The maximum atomic E-state index is 5.31. The second-order valence-electron chi connectivity index (χ2n) is 4.17. The second kappa shape index (κ2) is 5.96. The summed E-state index contributed by atoms with van der Waals surface area (Å²) in [5.41, 5.74) is 0. The lowest BCUT2D eigenvalue weighted by Gasteiger charge is -2.18. The maximum absolute atomic E-state index is 5.31. The zero-order valence-electron chi connectivity index (χ0n) is 9.74. The third kappa shape index (κ3) is 3.02. The van der Waals surface area contributed by atoms with Gasteiger partial charge in [-0.1, -0.05) is 5.16 Å². The largest absolute Gasteiger partial charge is 0.385 e. The summed E-state index contributed by atoms with van der Waals surface area (Å²) >= 11 is 0. The summed E-state index contributed by atoms with van der Waals surface area (Å²) in [5.74, 6) is 2.07. The normalized spacial score (nSPS) is 17.8. The van der Waals surface area contributed by atoms with E-state index in [1.54, 1.807) is 7.11 Å². The first kappa shape index (κ1) is 11.5. The maximum Gasteiger partial charge on any atom is 0.229 e. The number of hydrogen-bond donors (Lipinski definition) is 1. The number of aromatic nitrogens is 2. The Morgan fingerprint density at radius 1 is 1.44 bits per heavy atom. The predicted molar refractivity (Wildman–Crippen MR) is 59.3 cm³/mol. The molecule has 1 aromatic heterocycles. The van der Waals surface area contributed by atoms with Gasteiger partial charge in [0.2, 0.25) is 5.89 Å². The molecule has 5 heteroatoms. The van der Waals surface area contributed by atoms with Crippen molar-refractivity contribution < 1.29 is 9.26 Å². The third-order valence-corrected chi connectivity index (χ3v) is 2.92. The molecule has 0 spiro atoms. The van der Waals surface area contributed by atoms with Gasteiger partial charge in [0.05, 0.1) is 0 Å². The minimum absolute atomic E-state index is 0.449. The lowest BCUT2D eigenvalue weighted by molar-refractivity contribution is 0.194. The smallest absolute Gasteiger partial charge is 0.229 e. The number of methoxy groups -OCH3 is 1. The van der Waals surface area contributed by atoms with Crippen molar-refractivity contribution in [1.82, 2.24) is 15.5 Å². The van der Waals surface area contributed by atoms with E-state index in [-0.39, 0.29) is 0 Å². The van der Waals surface area contributed by atoms with Gasteiger partial charge in [-0.05, 0) is 32.4 Å². The van der Waals surface area contributed by atoms with Crippen molar-refractivity contribution in [1.29, 1.82) is 0 Å². The first-order chi connectivity index (χ1) is 7.90. The summed E-state index contributed by atoms with van der Waals surface area (Å²) < 4.78 is 10.3. The van der Waals surface area contributed by atoms with Crippen LogP contribution >= 0.6 is 0 Å². The molecular weight excluding hydrogens is 206 g/mol. The summed E-state index contributed by atoms with van der Waals surface area (Å²) in [6, 6.07) is 0. The summed E-state index contributed by atoms with van der Waals surface area (Å²) in [6.45, 7) is 2.84. The van der Waals surface area contributed by atoms with Crippen LogP contribution in [-0.4, -0.2) is 36.9 Å². The molecule has 0 amide bonds. The minimum atomic E-state index is 0.449. The summed E-state index contributed by atoms with van der Waals surface area (Å²) in [4.78, 5) is 4.44. The van der Waals surface area contributed by atoms with Crippen LogP contribution in [0.25, 0.3) is 0 Å². The van der Waals surface area contributed by atoms with Crippen molar-refractivity contribution in [2.75, 3.05) is 26.8 Å². The van der Waals surface area contributed by atoms with E-state index in [9.17, 15) is 0 Å². The average Bonchev–Trinajstić information content (AvgIpc) is 2.79. The summed E-state index contributed by atoms with van der Waals surface area (Å²) in [6.07, 6.45) is 3.98. The van der Waals surface area contributed by atoms with Crippen LogP contribution < -0.4 is 5.32 Å². The van der Waals surface area contributed by atoms with E-state index in [1.165, 1.54) is 0 Å². The highest BCUT2D eigenvalue weighted by atomic mass is 16.5. The fourth-order valence-electron chi connectivity index (χ4n) is 1.98. The predicted octanol–water partition coefficient (Wildman–Crippen LogP) is 1.12. The number of aryl methyl sites for hydroxylation is 1. The van der Waals surface area contributed by atoms with Crippen LogP contribution in [0.15, 0.2) is 4.52 Å². The molecule has 0 aromatic carbocycles. The van der Waals surface area contributed by atoms with E-state index in [0.717, 1.165) is 57.1 Å². The Labute approximate surface area is 95.6 Å². The number of ether oxygens (including phenoxy) is 1. The van der Waals surface area contributed by atoms with Crippen LogP contribution in [-0.2, 0) is 11.2 Å². The molecule has 1 fully saturated rings. The number of nitrogens with zero attached hydrogens (tertiary/aromatic N) is 2. The number of nitrogens with one attached hydrogen (secondary N) is 1. The Hall–Kier alpha value is -0.940. The molecule has 0 saturated carbocycles. The van der Waals surface area contributed by atoms with Crippen LogP contribution in [0.5, 0.6) is 0 Å². The highest BCUT2D eigenvalue weighted by Gasteiger charge is 2.20. The van der Waals surface area contributed by atoms with Gasteiger partial charge in [-0.2, -0.15) is 4.98 Å². The molecule has 0 atom stereocenters. The van der Waals surface area contributed by atoms with E-state index >= 15 is 0 Å². The van der Waals surface area contributed by atoms with E-state index in [4.69, 9.17) is 9.26 Å². The van der Waals surface area contributed by atoms with E-state index < -0.39 is 0 Å². The molecule has 16 heavy (non-hydrogen) atoms. The molecule has 5 nitrogen and oxygen atoms in total. The van der Waals surface area contributed by atoms with E-state index in [1.807, 2.05) is 0 Å². The molecule has 1 aliphatic heterocycles. The van der Waals surface area contributed by atoms with Gasteiger partial charge in [-0.15, -0.1) is 0 Å². The SMILES string of the molecule is COCCCc1noc(C2CCNCC2)n1. The molecule has 2 rings (SSSR count). The fraction of sp³-hybridized carbons (Fsp3) is 0.818. The Morgan fingerprint density at radius 3 is 3.00 bits per heavy atom. The van der Waals surface area contributed by atoms with Gasteiger partial charge >= 0.3 is 0 Å². The molecule has 1 aliphatic rings. The fourth-order valence-corrected chi connectivity index (χ4v) is 1.98. The van der Waals surface area contributed by atoms with Crippen LogP contribution in [0.3, 0.4) is 0 Å². The van der Waals surface area contributed by atoms with Crippen molar-refractivity contribution >= 4 is 0 Å². The van der Waals surface area contributed by atoms with Crippen LogP contribution in [0.1, 0.15) is 36.9 Å². The van der Waals surface area contributed by atoms with Gasteiger partial charge < -0.3 is 14.6 Å². The lowest BCUT2D eigenvalue weighted by Crippen LogP contribution is -2.26. The molecule has 0 radical (unpaired) electrons. The van der Waals surface area contributed by atoms with Gasteiger partial charge in [0.25, 0.3) is 0 Å². The summed E-state index contributed by atoms with van der Waals surface area (Å²) in [5, 5.41) is 7.33. The average molecular weight is 225 g/mol. The molecule has 1 aromatic rings. The highest BCUT2D eigenvalue weighted by molar-refractivity contribution is 4.96. The Bertz CT molecular complexity index is 308. The van der Waals surface area contributed by atoms with Crippen molar-refractivity contribution in [2.45, 2.75) is 31.6 Å². The van der Waals surface area contributed by atoms with Gasteiger partial charge in [0.15, 0.2) is 5.82 Å². The molecule has 1 saturated heterocycles. The molecule has 2 heterocycles. The van der Waals surface area contributed by atoms with Crippen molar-refractivity contribution in [3.63, 3.8) is 0 Å². The number of hydrogen-bond acceptors (Lipinski definition) is 5. The molecule has 0 unspecified atom stereocenters. The monoisotopic (exact) mass is 225 g/mol. The molecule has 0 bridgehead atoms. The molecule has 0 aliphatic carbocycles. The minimum Gasteiger partial charge on any atom is -0.385 e. The van der Waals surface area contributed by atoms with Gasteiger partial charge in [0, 0.05) is 26.1 Å². The van der Waals surface area contributed by atoms with Crippen molar-refractivity contribution in [3.8, 4) is 0 Å². The van der Waals surface area contributed by atoms with Crippen LogP contribution in [0.4, 0.5) is 0 Å². The van der Waals surface area contributed by atoms with Crippen LogP contribution in [0.2, 0.25) is 0 Å². The lowest BCUT2D eigenvalue weighted by atomic mass is 9.98. The first-order valence-corrected chi connectivity index (χ1v) is 5.92. The van der Waals surface area contributed by atoms with Crippen LogP contribution in [0, 0.1) is 0 Å². The quantitative estimate of drug-likeness (QED) is 0.761. The van der Waals surface area contributed by atoms with Gasteiger partial charge in [-0.25, -0.2) is 0 Å². The Morgan fingerprint density at radius 2 is 2.25 bits per heavy atom. The topological polar surface area (TPSA) is 60.2 Å². The number of rotatable bonds is 5. The van der Waals surface area contributed by atoms with Crippen molar-refractivity contribution in [3.05, 3.63) is 11.7 Å². The van der Waals surface area contributed by atoms with E-state index in [0.29, 0.717) is 5.92 Å². The molecule has 90 valence electrons. The standard InChI is InChI=1S/C11H19N3O2/c1-15-8-2-3-10-13-11(16-14-10)9-4-6-12-7-5-9/h9,12H,2-8H2,1H3. The zero-order chi connectivity index (χ0) is 11.2. The van der Waals surface area contributed by atoms with E-state index in [2.05, 4.69) is 15.5 Å². The van der Waals surface area contributed by atoms with Gasteiger partial charge in [0.1, 0.15) is 0 Å².